The Hall–Kier alpha value is -3.63. The number of anilines is 2. The van der Waals surface area contributed by atoms with Crippen LogP contribution in [0.25, 0.3) is 22.3 Å². The summed E-state index contributed by atoms with van der Waals surface area (Å²) in [5, 5.41) is 9.33. The van der Waals surface area contributed by atoms with E-state index in [-0.39, 0.29) is 0 Å². The van der Waals surface area contributed by atoms with E-state index in [2.05, 4.69) is 36.8 Å². The van der Waals surface area contributed by atoms with Crippen molar-refractivity contribution in [2.24, 2.45) is 0 Å². The topological polar surface area (TPSA) is 110 Å². The van der Waals surface area contributed by atoms with Gasteiger partial charge in [-0.15, -0.1) is 0 Å². The number of aromatic nitrogens is 4. The van der Waals surface area contributed by atoms with Crippen LogP contribution in [0.3, 0.4) is 0 Å². The van der Waals surface area contributed by atoms with Crippen LogP contribution in [0.2, 0.25) is 0 Å². The maximum Gasteiger partial charge on any atom is 0.164 e. The maximum absolute atomic E-state index is 6.41. The zero-order valence-electron chi connectivity index (χ0n) is 23.1. The number of furan rings is 1. The fourth-order valence-electron chi connectivity index (χ4n) is 6.05. The average Bonchev–Trinajstić information content (AvgIpc) is 3.56. The third-order valence-corrected chi connectivity index (χ3v) is 8.31. The molecule has 206 valence electrons. The fourth-order valence-corrected chi connectivity index (χ4v) is 6.05. The average molecular weight is 531 g/mol. The number of nitrogens with two attached hydrogens (primary N) is 1. The molecule has 6 rings (SSSR count). The molecule has 4 heterocycles. The van der Waals surface area contributed by atoms with Gasteiger partial charge in [0, 0.05) is 37.8 Å². The first-order valence-electron chi connectivity index (χ1n) is 13.9. The number of hydrogen-bond acceptors (Lipinski definition) is 9. The maximum atomic E-state index is 6.41. The van der Waals surface area contributed by atoms with Gasteiger partial charge in [0.1, 0.15) is 35.1 Å². The highest BCUT2D eigenvalue weighted by molar-refractivity contribution is 5.98. The van der Waals surface area contributed by atoms with E-state index in [1.807, 2.05) is 37.3 Å². The van der Waals surface area contributed by atoms with Gasteiger partial charge in [-0.3, -0.25) is 4.90 Å². The number of likely N-dealkylation sites (N-methyl/N-ethyl adjacent to an activating group) is 1. The van der Waals surface area contributed by atoms with Gasteiger partial charge < -0.3 is 25.1 Å². The summed E-state index contributed by atoms with van der Waals surface area (Å²) in [6.07, 6.45) is 6.05. The number of rotatable bonds is 7. The molecule has 10 nitrogen and oxygen atoms in total. The number of nitrogen functional groups attached to an aromatic ring is 1. The standard InChI is InChI=1S/C29H38N8O2/c1-19-4-10-23(39-19)17-31-24-11-5-20(16-25(24)38-3)27-26-28(30)32-18-33-29(26)37(34-27)22-8-6-21(7-9-22)36-14-12-35(2)13-15-36/h4-5,10-11,16,18,21-22,31H,6-9,12-15,17H2,1-3H3,(H2,30,32,33)/t21-,22-. The van der Waals surface area contributed by atoms with Gasteiger partial charge in [0.25, 0.3) is 0 Å². The summed E-state index contributed by atoms with van der Waals surface area (Å²) in [6.45, 7) is 7.15. The first-order chi connectivity index (χ1) is 19.0. The number of piperazine rings is 1. The molecule has 10 heteroatoms. The molecule has 0 spiro atoms. The van der Waals surface area contributed by atoms with E-state index in [4.69, 9.17) is 20.0 Å². The molecule has 0 bridgehead atoms. The van der Waals surface area contributed by atoms with Crippen LogP contribution in [-0.4, -0.2) is 75.9 Å². The Balaban J connectivity index is 1.25. The minimum absolute atomic E-state index is 0.291. The minimum Gasteiger partial charge on any atom is -0.495 e. The predicted octanol–water partition coefficient (Wildman–Crippen LogP) is 4.33. The molecular formula is C29H38N8O2. The van der Waals surface area contributed by atoms with E-state index in [1.165, 1.54) is 12.8 Å². The van der Waals surface area contributed by atoms with E-state index in [1.54, 1.807) is 13.4 Å². The van der Waals surface area contributed by atoms with Crippen molar-refractivity contribution in [2.45, 2.75) is 51.2 Å². The summed E-state index contributed by atoms with van der Waals surface area (Å²) >= 11 is 0. The van der Waals surface area contributed by atoms with Crippen molar-refractivity contribution in [2.75, 3.05) is 51.4 Å². The van der Waals surface area contributed by atoms with Crippen LogP contribution in [0.5, 0.6) is 5.75 Å². The van der Waals surface area contributed by atoms with Gasteiger partial charge >= 0.3 is 0 Å². The fraction of sp³-hybridized carbons (Fsp3) is 0.483. The van der Waals surface area contributed by atoms with Gasteiger partial charge in [-0.05, 0) is 63.9 Å². The first-order valence-corrected chi connectivity index (χ1v) is 13.9. The van der Waals surface area contributed by atoms with Gasteiger partial charge in [-0.25, -0.2) is 14.6 Å². The molecule has 0 radical (unpaired) electrons. The molecule has 0 atom stereocenters. The monoisotopic (exact) mass is 530 g/mol. The molecule has 3 aromatic heterocycles. The van der Waals surface area contributed by atoms with Crippen LogP contribution in [0.1, 0.15) is 43.2 Å². The van der Waals surface area contributed by atoms with Crippen LogP contribution < -0.4 is 15.8 Å². The van der Waals surface area contributed by atoms with Crippen molar-refractivity contribution in [3.8, 4) is 17.0 Å². The van der Waals surface area contributed by atoms with Crippen LogP contribution >= 0.6 is 0 Å². The number of nitrogens with one attached hydrogen (secondary N) is 1. The molecular weight excluding hydrogens is 492 g/mol. The first kappa shape index (κ1) is 25.6. The lowest BCUT2D eigenvalue weighted by Gasteiger charge is -2.41. The zero-order valence-corrected chi connectivity index (χ0v) is 23.1. The lowest BCUT2D eigenvalue weighted by Crippen LogP contribution is -2.49. The molecule has 1 aliphatic carbocycles. The second kappa shape index (κ2) is 10.9. The summed E-state index contributed by atoms with van der Waals surface area (Å²) in [6, 6.07) is 10.9. The van der Waals surface area contributed by atoms with E-state index >= 15 is 0 Å². The van der Waals surface area contributed by atoms with Crippen molar-refractivity contribution in [1.82, 2.24) is 29.5 Å². The predicted molar refractivity (Wildman–Crippen MR) is 153 cm³/mol. The van der Waals surface area contributed by atoms with Crippen LogP contribution in [0.4, 0.5) is 11.5 Å². The lowest BCUT2D eigenvalue weighted by atomic mass is 9.90. The molecule has 2 aliphatic rings. The lowest BCUT2D eigenvalue weighted by molar-refractivity contribution is 0.0815. The highest BCUT2D eigenvalue weighted by Crippen LogP contribution is 2.39. The summed E-state index contributed by atoms with van der Waals surface area (Å²) in [7, 11) is 3.89. The molecule has 1 aliphatic heterocycles. The molecule has 2 fully saturated rings. The van der Waals surface area contributed by atoms with Gasteiger partial charge in [0.05, 0.1) is 30.8 Å². The molecule has 4 aromatic rings. The van der Waals surface area contributed by atoms with Gasteiger partial charge in [-0.1, -0.05) is 6.07 Å². The van der Waals surface area contributed by atoms with Crippen molar-refractivity contribution in [3.05, 3.63) is 48.2 Å². The third-order valence-electron chi connectivity index (χ3n) is 8.31. The largest absolute Gasteiger partial charge is 0.495 e. The number of ether oxygens (including phenoxy) is 1. The number of hydrogen-bond donors (Lipinski definition) is 2. The zero-order chi connectivity index (χ0) is 26.9. The molecule has 1 aromatic carbocycles. The van der Waals surface area contributed by atoms with Crippen molar-refractivity contribution < 1.29 is 9.15 Å². The van der Waals surface area contributed by atoms with Gasteiger partial charge in [-0.2, -0.15) is 5.10 Å². The Kier molecular flexibility index (Phi) is 7.14. The Morgan fingerprint density at radius 3 is 2.51 bits per heavy atom. The highest BCUT2D eigenvalue weighted by atomic mass is 16.5. The Bertz CT molecular complexity index is 1430. The number of nitrogens with zero attached hydrogens (tertiary/aromatic N) is 6. The second-order valence-corrected chi connectivity index (χ2v) is 10.8. The Morgan fingerprint density at radius 2 is 1.79 bits per heavy atom. The SMILES string of the molecule is COc1cc(-c2nn([C@H]3CC[C@H](N4CCN(C)CC4)CC3)c3ncnc(N)c23)ccc1NCc1ccc(C)o1. The number of fused-ring (bicyclic) bond motifs is 1. The Morgan fingerprint density at radius 1 is 1.03 bits per heavy atom. The second-order valence-electron chi connectivity index (χ2n) is 10.8. The van der Waals surface area contributed by atoms with E-state index in [0.29, 0.717) is 24.4 Å². The quantitative estimate of drug-likeness (QED) is 0.361. The number of methoxy groups -OCH3 is 1. The van der Waals surface area contributed by atoms with Crippen LogP contribution in [0.15, 0.2) is 41.1 Å². The molecule has 3 N–H and O–H groups in total. The van der Waals surface area contributed by atoms with Crippen LogP contribution in [0, 0.1) is 6.92 Å². The van der Waals surface area contributed by atoms with E-state index in [0.717, 1.165) is 84.3 Å². The van der Waals surface area contributed by atoms with Crippen molar-refractivity contribution >= 4 is 22.5 Å². The molecule has 1 saturated heterocycles. The smallest absolute Gasteiger partial charge is 0.164 e. The minimum atomic E-state index is 0.291. The number of benzene rings is 1. The molecule has 0 amide bonds. The summed E-state index contributed by atoms with van der Waals surface area (Å²) < 4.78 is 13.5. The highest BCUT2D eigenvalue weighted by Gasteiger charge is 2.30. The van der Waals surface area contributed by atoms with E-state index in [9.17, 15) is 0 Å². The molecule has 1 saturated carbocycles. The van der Waals surface area contributed by atoms with Crippen molar-refractivity contribution in [3.63, 3.8) is 0 Å². The normalized spacial score (nSPS) is 20.9. The summed E-state index contributed by atoms with van der Waals surface area (Å²) in [5.74, 6) is 2.93. The van der Waals surface area contributed by atoms with Gasteiger partial charge in [0.2, 0.25) is 0 Å². The number of aryl methyl sites for hydroxylation is 1. The molecule has 0 unspecified atom stereocenters. The Labute approximate surface area is 229 Å². The third kappa shape index (κ3) is 5.18. The van der Waals surface area contributed by atoms with Crippen molar-refractivity contribution in [1.29, 1.82) is 0 Å². The van der Waals surface area contributed by atoms with Crippen LogP contribution in [-0.2, 0) is 6.54 Å². The summed E-state index contributed by atoms with van der Waals surface area (Å²) in [4.78, 5) is 14.0. The van der Waals surface area contributed by atoms with Gasteiger partial charge in [0.15, 0.2) is 5.65 Å². The van der Waals surface area contributed by atoms with E-state index < -0.39 is 0 Å². The molecule has 39 heavy (non-hydrogen) atoms. The summed E-state index contributed by atoms with van der Waals surface area (Å²) in [5.41, 5.74) is 9.80.